The van der Waals surface area contributed by atoms with Crippen LogP contribution in [0.25, 0.3) is 0 Å². The second-order valence-corrected chi connectivity index (χ2v) is 8.42. The summed E-state index contributed by atoms with van der Waals surface area (Å²) in [5, 5.41) is -0.519. The molecule has 7 nitrogen and oxygen atoms in total. The highest BCUT2D eigenvalue weighted by Crippen LogP contribution is 2.44. The van der Waals surface area contributed by atoms with Crippen LogP contribution in [-0.2, 0) is 33.4 Å². The van der Waals surface area contributed by atoms with E-state index < -0.39 is 39.5 Å². The van der Waals surface area contributed by atoms with Gasteiger partial charge in [-0.1, -0.05) is 20.4 Å². The van der Waals surface area contributed by atoms with E-state index in [0.29, 0.717) is 18.4 Å². The van der Waals surface area contributed by atoms with Crippen LogP contribution in [0, 0.1) is 11.8 Å². The fourth-order valence-electron chi connectivity index (χ4n) is 3.20. The van der Waals surface area contributed by atoms with Crippen LogP contribution in [0.5, 0.6) is 0 Å². The van der Waals surface area contributed by atoms with Gasteiger partial charge in [0.1, 0.15) is 12.2 Å². The van der Waals surface area contributed by atoms with Crippen LogP contribution in [0.15, 0.2) is 12.2 Å². The van der Waals surface area contributed by atoms with Crippen LogP contribution in [0.4, 0.5) is 0 Å². The van der Waals surface area contributed by atoms with Gasteiger partial charge in [-0.15, -0.1) is 0 Å². The molecule has 2 fully saturated rings. The van der Waals surface area contributed by atoms with E-state index in [0.717, 1.165) is 0 Å². The van der Waals surface area contributed by atoms with E-state index in [9.17, 15) is 18.0 Å². The molecule has 1 aliphatic carbocycles. The highest BCUT2D eigenvalue weighted by molar-refractivity contribution is 7.87. The van der Waals surface area contributed by atoms with Crippen molar-refractivity contribution in [2.45, 2.75) is 57.5 Å². The van der Waals surface area contributed by atoms with E-state index in [4.69, 9.17) is 13.7 Å². The van der Waals surface area contributed by atoms with Crippen LogP contribution >= 0.6 is 0 Å². The summed E-state index contributed by atoms with van der Waals surface area (Å²) in [5.41, 5.74) is 0.303. The molecule has 1 aliphatic heterocycles. The monoisotopic (exact) mass is 360 g/mol. The first-order valence-corrected chi connectivity index (χ1v) is 9.55. The normalized spacial score (nSPS) is 33.7. The van der Waals surface area contributed by atoms with E-state index in [1.807, 2.05) is 13.8 Å². The number of esters is 2. The smallest absolute Gasteiger partial charge is 0.333 e. The van der Waals surface area contributed by atoms with Crippen molar-refractivity contribution in [3.05, 3.63) is 12.2 Å². The van der Waals surface area contributed by atoms with Crippen molar-refractivity contribution in [2.75, 3.05) is 6.61 Å². The number of hydrogen-bond acceptors (Lipinski definition) is 7. The molecule has 1 saturated heterocycles. The molecule has 24 heavy (non-hydrogen) atoms. The van der Waals surface area contributed by atoms with Crippen LogP contribution in [0.2, 0.25) is 0 Å². The molecule has 2 aliphatic rings. The summed E-state index contributed by atoms with van der Waals surface area (Å²) >= 11 is 0. The minimum Gasteiger partial charge on any atom is -0.462 e. The van der Waals surface area contributed by atoms with Crippen LogP contribution in [0.1, 0.15) is 40.0 Å². The minimum atomic E-state index is -3.57. The Balaban J connectivity index is 1.83. The predicted molar refractivity (Wildman–Crippen MR) is 85.4 cm³/mol. The minimum absolute atomic E-state index is 0.0846. The Morgan fingerprint density at radius 1 is 1.29 bits per heavy atom. The maximum atomic E-state index is 12.0. The van der Waals surface area contributed by atoms with Crippen molar-refractivity contribution >= 4 is 22.1 Å². The first-order valence-electron chi connectivity index (χ1n) is 8.07. The molecule has 0 N–H and O–H groups in total. The summed E-state index contributed by atoms with van der Waals surface area (Å²) in [6.45, 7) is 8.79. The second kappa shape index (κ2) is 7.23. The zero-order chi connectivity index (χ0) is 18.1. The Hall–Kier alpha value is -1.41. The van der Waals surface area contributed by atoms with Gasteiger partial charge in [-0.3, -0.25) is 8.98 Å². The van der Waals surface area contributed by atoms with Gasteiger partial charge in [0, 0.05) is 17.9 Å². The highest BCUT2D eigenvalue weighted by Gasteiger charge is 2.56. The molecule has 136 valence electrons. The molecule has 2 bridgehead atoms. The number of fused-ring (bicyclic) bond motifs is 2. The summed E-state index contributed by atoms with van der Waals surface area (Å²) in [6, 6.07) is 0. The molecule has 0 spiro atoms. The number of hydrogen-bond donors (Lipinski definition) is 0. The fraction of sp³-hybridized carbons (Fsp3) is 0.750. The third kappa shape index (κ3) is 3.97. The number of carbonyl (C=O) groups is 2. The zero-order valence-corrected chi connectivity index (χ0v) is 15.0. The van der Waals surface area contributed by atoms with Crippen molar-refractivity contribution < 1.29 is 31.7 Å². The predicted octanol–water partition coefficient (Wildman–Crippen LogP) is 1.57. The van der Waals surface area contributed by atoms with Gasteiger partial charge in [0.05, 0.1) is 11.9 Å². The largest absolute Gasteiger partial charge is 0.462 e. The average molecular weight is 360 g/mol. The van der Waals surface area contributed by atoms with Gasteiger partial charge in [0.25, 0.3) is 10.1 Å². The Kier molecular flexibility index (Phi) is 5.70. The van der Waals surface area contributed by atoms with Crippen LogP contribution in [-0.4, -0.2) is 44.4 Å². The van der Waals surface area contributed by atoms with Gasteiger partial charge >= 0.3 is 11.9 Å². The molecular weight excluding hydrogens is 336 g/mol. The van der Waals surface area contributed by atoms with Crippen molar-refractivity contribution in [3.63, 3.8) is 0 Å². The number of carbonyl (C=O) groups excluding carboxylic acids is 2. The molecule has 0 amide bonds. The van der Waals surface area contributed by atoms with Gasteiger partial charge in [-0.25, -0.2) is 4.79 Å². The summed E-state index contributed by atoms with van der Waals surface area (Å²) < 4.78 is 39.4. The molecule has 1 heterocycles. The summed E-state index contributed by atoms with van der Waals surface area (Å²) in [5.74, 6) is -1.22. The van der Waals surface area contributed by atoms with Crippen LogP contribution < -0.4 is 0 Å². The molecular formula is C16H24O7S. The number of ether oxygens (including phenoxy) is 2. The van der Waals surface area contributed by atoms with Crippen molar-refractivity contribution in [1.82, 2.24) is 0 Å². The molecule has 0 aromatic carbocycles. The Morgan fingerprint density at radius 3 is 2.58 bits per heavy atom. The lowest BCUT2D eigenvalue weighted by Crippen LogP contribution is -2.45. The van der Waals surface area contributed by atoms with Gasteiger partial charge in [0.2, 0.25) is 0 Å². The molecule has 1 saturated carbocycles. The molecule has 0 aromatic rings. The molecule has 5 unspecified atom stereocenters. The third-order valence-corrected chi connectivity index (χ3v) is 6.44. The van der Waals surface area contributed by atoms with E-state index in [-0.39, 0.29) is 24.9 Å². The molecule has 8 heteroatoms. The number of rotatable bonds is 6. The van der Waals surface area contributed by atoms with Gasteiger partial charge in [-0.2, -0.15) is 8.42 Å². The maximum Gasteiger partial charge on any atom is 0.333 e. The second-order valence-electron chi connectivity index (χ2n) is 6.64. The van der Waals surface area contributed by atoms with E-state index in [1.54, 1.807) is 6.92 Å². The third-order valence-electron chi connectivity index (χ3n) is 4.58. The lowest BCUT2D eigenvalue weighted by atomic mass is 9.79. The Bertz CT molecular complexity index is 624. The maximum absolute atomic E-state index is 12.0. The van der Waals surface area contributed by atoms with E-state index in [1.165, 1.54) is 0 Å². The zero-order valence-electron chi connectivity index (χ0n) is 14.2. The van der Waals surface area contributed by atoms with E-state index >= 15 is 0 Å². The fourth-order valence-corrected chi connectivity index (χ4v) is 5.15. The first-order chi connectivity index (χ1) is 11.1. The van der Waals surface area contributed by atoms with Gasteiger partial charge < -0.3 is 9.47 Å². The summed E-state index contributed by atoms with van der Waals surface area (Å²) in [7, 11) is -3.57. The molecule has 0 aromatic heterocycles. The Morgan fingerprint density at radius 2 is 1.96 bits per heavy atom. The van der Waals surface area contributed by atoms with Crippen molar-refractivity contribution in [2.24, 2.45) is 11.8 Å². The summed E-state index contributed by atoms with van der Waals surface area (Å²) in [6.07, 6.45) is -0.341. The SMILES string of the molecule is C=C(C)C(=O)OCCCC(=O)OC1C(C)CC2C(C)C1OS2(=O)=O. The standard InChI is InChI=1S/C16H24O7S/c1-9(2)16(18)21-7-5-6-13(17)22-14-10(3)8-12-11(4)15(14)23-24(12,19)20/h10-12,14-15H,1,5-8H2,2-4H3. The van der Waals surface area contributed by atoms with Crippen molar-refractivity contribution in [3.8, 4) is 0 Å². The lowest BCUT2D eigenvalue weighted by molar-refractivity contribution is -0.161. The highest BCUT2D eigenvalue weighted by atomic mass is 32.2. The van der Waals surface area contributed by atoms with E-state index in [2.05, 4.69) is 6.58 Å². The topological polar surface area (TPSA) is 96.0 Å². The molecule has 5 atom stereocenters. The first kappa shape index (κ1) is 18.9. The average Bonchev–Trinajstić information content (AvgIpc) is 2.64. The quantitative estimate of drug-likeness (QED) is 0.307. The summed E-state index contributed by atoms with van der Waals surface area (Å²) in [4.78, 5) is 23.2. The van der Waals surface area contributed by atoms with Crippen molar-refractivity contribution in [1.29, 1.82) is 0 Å². The van der Waals surface area contributed by atoms with Crippen LogP contribution in [0.3, 0.4) is 0 Å². The van der Waals surface area contributed by atoms with Gasteiger partial charge in [0.15, 0.2) is 0 Å². The molecule has 2 rings (SSSR count). The lowest BCUT2D eigenvalue weighted by Gasteiger charge is -2.35. The molecule has 0 radical (unpaired) electrons. The Labute approximate surface area is 142 Å². The van der Waals surface area contributed by atoms with Gasteiger partial charge in [-0.05, 0) is 25.7 Å².